The molecule has 0 spiro atoms. The number of nitro groups is 1. The van der Waals surface area contributed by atoms with E-state index < -0.39 is 16.4 Å². The molecule has 8 nitrogen and oxygen atoms in total. The number of hydrazone groups is 1. The monoisotopic (exact) mass is 448 g/mol. The molecule has 1 aromatic heterocycles. The zero-order valence-electron chi connectivity index (χ0n) is 14.6. The lowest BCUT2D eigenvalue weighted by atomic mass is 10.2. The van der Waals surface area contributed by atoms with Crippen LogP contribution in [-0.2, 0) is 4.79 Å². The van der Waals surface area contributed by atoms with Crippen LogP contribution < -0.4 is 5.43 Å². The second kappa shape index (κ2) is 9.50. The molecule has 0 aliphatic heterocycles. The zero-order chi connectivity index (χ0) is 20.8. The standard InChI is InChI=1S/C18H13ClN4O4S2/c19-13-4-2-12(3-5-13)14-9-28-18(21-14)29-10-17(25)22-20-8-11-1-6-16(24)15(7-11)23(26)27/h1-9,24H,10H2,(H,22,25)/b20-8+. The van der Waals surface area contributed by atoms with E-state index in [0.717, 1.165) is 21.7 Å². The number of rotatable bonds is 7. The Labute approximate surface area is 178 Å². The van der Waals surface area contributed by atoms with Crippen molar-refractivity contribution in [2.24, 2.45) is 5.10 Å². The highest BCUT2D eigenvalue weighted by Crippen LogP contribution is 2.29. The molecule has 3 aromatic rings. The number of phenolic OH excluding ortho intramolecular Hbond substituents is 1. The van der Waals surface area contributed by atoms with E-state index in [2.05, 4.69) is 15.5 Å². The van der Waals surface area contributed by atoms with Gasteiger partial charge in [-0.15, -0.1) is 11.3 Å². The van der Waals surface area contributed by atoms with Crippen molar-refractivity contribution >= 4 is 52.5 Å². The lowest BCUT2D eigenvalue weighted by molar-refractivity contribution is -0.385. The number of phenols is 1. The first-order chi connectivity index (χ1) is 13.9. The summed E-state index contributed by atoms with van der Waals surface area (Å²) in [7, 11) is 0. The van der Waals surface area contributed by atoms with Crippen molar-refractivity contribution in [1.29, 1.82) is 0 Å². The molecule has 0 bridgehead atoms. The predicted octanol–water partition coefficient (Wildman–Crippen LogP) is 4.32. The van der Waals surface area contributed by atoms with Gasteiger partial charge in [-0.05, 0) is 24.3 Å². The predicted molar refractivity (Wildman–Crippen MR) is 114 cm³/mol. The van der Waals surface area contributed by atoms with Crippen molar-refractivity contribution in [3.8, 4) is 17.0 Å². The van der Waals surface area contributed by atoms with Crippen LogP contribution in [0.15, 0.2) is 57.3 Å². The summed E-state index contributed by atoms with van der Waals surface area (Å²) in [6, 6.07) is 11.1. The fourth-order valence-corrected chi connectivity index (χ4v) is 3.94. The first-order valence-corrected chi connectivity index (χ1v) is 10.3. The third kappa shape index (κ3) is 5.76. The SMILES string of the molecule is O=C(CSc1nc(-c2ccc(Cl)cc2)cs1)N/N=C/c1ccc(O)c([N+](=O)[O-])c1. The molecule has 2 aromatic carbocycles. The van der Waals surface area contributed by atoms with Gasteiger partial charge >= 0.3 is 5.69 Å². The Morgan fingerprint density at radius 3 is 2.83 bits per heavy atom. The summed E-state index contributed by atoms with van der Waals surface area (Å²) in [5.41, 5.74) is 4.03. The number of amides is 1. The lowest BCUT2D eigenvalue weighted by Crippen LogP contribution is -2.19. The Balaban J connectivity index is 1.52. The summed E-state index contributed by atoms with van der Waals surface area (Å²) in [5.74, 6) is -0.669. The molecule has 0 saturated carbocycles. The third-order valence-corrected chi connectivity index (χ3v) is 5.82. The van der Waals surface area contributed by atoms with Crippen LogP contribution in [0, 0.1) is 10.1 Å². The Hall–Kier alpha value is -2.95. The van der Waals surface area contributed by atoms with Crippen LogP contribution in [0.4, 0.5) is 5.69 Å². The number of carbonyl (C=O) groups is 1. The molecule has 1 heterocycles. The number of hydrogen-bond acceptors (Lipinski definition) is 8. The van der Waals surface area contributed by atoms with Crippen LogP contribution in [0.3, 0.4) is 0 Å². The second-order valence-corrected chi connectivity index (χ2v) is 8.11. The van der Waals surface area contributed by atoms with Crippen LogP contribution in [0.1, 0.15) is 5.56 Å². The number of benzene rings is 2. The minimum absolute atomic E-state index is 0.112. The number of thiazole rings is 1. The summed E-state index contributed by atoms with van der Waals surface area (Å²) in [6.45, 7) is 0. The molecule has 148 valence electrons. The quantitative estimate of drug-likeness (QED) is 0.240. The van der Waals surface area contributed by atoms with Crippen LogP contribution in [0.5, 0.6) is 5.75 Å². The molecule has 11 heteroatoms. The van der Waals surface area contributed by atoms with E-state index in [1.54, 1.807) is 12.1 Å². The number of aromatic hydroxyl groups is 1. The van der Waals surface area contributed by atoms with E-state index in [4.69, 9.17) is 11.6 Å². The van der Waals surface area contributed by atoms with E-state index in [0.29, 0.717) is 10.6 Å². The lowest BCUT2D eigenvalue weighted by Gasteiger charge is -1.99. The summed E-state index contributed by atoms with van der Waals surface area (Å²) in [6.07, 6.45) is 1.26. The van der Waals surface area contributed by atoms with Gasteiger partial charge in [-0.2, -0.15) is 5.10 Å². The molecule has 0 saturated heterocycles. The summed E-state index contributed by atoms with van der Waals surface area (Å²) < 4.78 is 0.739. The van der Waals surface area contributed by atoms with Crippen LogP contribution >= 0.6 is 34.7 Å². The minimum atomic E-state index is -0.700. The Morgan fingerprint density at radius 2 is 2.10 bits per heavy atom. The maximum Gasteiger partial charge on any atom is 0.311 e. The van der Waals surface area contributed by atoms with E-state index in [1.807, 2.05) is 17.5 Å². The average Bonchev–Trinajstić information content (AvgIpc) is 3.17. The number of nitrogens with one attached hydrogen (secondary N) is 1. The molecule has 3 rings (SSSR count). The maximum absolute atomic E-state index is 11.9. The molecule has 1 amide bonds. The summed E-state index contributed by atoms with van der Waals surface area (Å²) in [4.78, 5) is 26.5. The molecule has 2 N–H and O–H groups in total. The van der Waals surface area contributed by atoms with Crippen molar-refractivity contribution in [3.05, 3.63) is 68.5 Å². The number of nitrogens with zero attached hydrogens (tertiary/aromatic N) is 3. The first-order valence-electron chi connectivity index (χ1n) is 8.06. The van der Waals surface area contributed by atoms with Gasteiger partial charge in [-0.1, -0.05) is 35.5 Å². The van der Waals surface area contributed by atoms with Gasteiger partial charge in [0, 0.05) is 27.6 Å². The van der Waals surface area contributed by atoms with Crippen LogP contribution in [0.25, 0.3) is 11.3 Å². The average molecular weight is 449 g/mol. The van der Waals surface area contributed by atoms with E-state index in [9.17, 15) is 20.0 Å². The third-order valence-electron chi connectivity index (χ3n) is 3.55. The maximum atomic E-state index is 11.9. The highest BCUT2D eigenvalue weighted by atomic mass is 35.5. The topological polar surface area (TPSA) is 118 Å². The molecule has 0 unspecified atom stereocenters. The molecule has 0 fully saturated rings. The normalized spacial score (nSPS) is 10.9. The number of carbonyl (C=O) groups excluding carboxylic acids is 1. The molecule has 29 heavy (non-hydrogen) atoms. The van der Waals surface area contributed by atoms with Gasteiger partial charge in [-0.25, -0.2) is 10.4 Å². The Morgan fingerprint density at radius 1 is 1.34 bits per heavy atom. The molecule has 0 atom stereocenters. The number of hydrogen-bond donors (Lipinski definition) is 2. The van der Waals surface area contributed by atoms with Crippen LogP contribution in [0.2, 0.25) is 5.02 Å². The van der Waals surface area contributed by atoms with Gasteiger partial charge < -0.3 is 5.11 Å². The Kier molecular flexibility index (Phi) is 6.81. The fraction of sp³-hybridized carbons (Fsp3) is 0.0556. The fourth-order valence-electron chi connectivity index (χ4n) is 2.18. The highest BCUT2D eigenvalue weighted by molar-refractivity contribution is 8.01. The summed E-state index contributed by atoms with van der Waals surface area (Å²) >= 11 is 8.58. The highest BCUT2D eigenvalue weighted by Gasteiger charge is 2.13. The Bertz CT molecular complexity index is 1070. The largest absolute Gasteiger partial charge is 0.502 e. The first kappa shape index (κ1) is 20.8. The van der Waals surface area contributed by atoms with Gasteiger partial charge in [0.25, 0.3) is 5.91 Å². The van der Waals surface area contributed by atoms with E-state index in [1.165, 1.54) is 41.4 Å². The van der Waals surface area contributed by atoms with Crippen LogP contribution in [-0.4, -0.2) is 32.9 Å². The summed E-state index contributed by atoms with van der Waals surface area (Å²) in [5, 5.41) is 26.5. The molecular formula is C18H13ClN4O4S2. The molecule has 0 aliphatic carbocycles. The van der Waals surface area contributed by atoms with Gasteiger partial charge in [0.15, 0.2) is 10.1 Å². The molecular weight excluding hydrogens is 436 g/mol. The zero-order valence-corrected chi connectivity index (χ0v) is 17.0. The number of thioether (sulfide) groups is 1. The smallest absolute Gasteiger partial charge is 0.311 e. The van der Waals surface area contributed by atoms with Crippen molar-refractivity contribution < 1.29 is 14.8 Å². The van der Waals surface area contributed by atoms with Gasteiger partial charge in [0.05, 0.1) is 22.6 Å². The molecule has 0 aliphatic rings. The van der Waals surface area contributed by atoms with Crippen molar-refractivity contribution in [1.82, 2.24) is 10.4 Å². The van der Waals surface area contributed by atoms with Gasteiger partial charge in [0.1, 0.15) is 0 Å². The number of halogens is 1. The van der Waals surface area contributed by atoms with E-state index in [-0.39, 0.29) is 11.7 Å². The van der Waals surface area contributed by atoms with Crippen molar-refractivity contribution in [2.75, 3.05) is 5.75 Å². The number of aromatic nitrogens is 1. The second-order valence-electron chi connectivity index (χ2n) is 5.59. The van der Waals surface area contributed by atoms with Gasteiger partial charge in [-0.3, -0.25) is 14.9 Å². The van der Waals surface area contributed by atoms with Gasteiger partial charge in [0.2, 0.25) is 0 Å². The van der Waals surface area contributed by atoms with Crippen molar-refractivity contribution in [3.63, 3.8) is 0 Å². The number of nitro benzene ring substituents is 1. The molecule has 0 radical (unpaired) electrons. The minimum Gasteiger partial charge on any atom is -0.502 e. The van der Waals surface area contributed by atoms with Crippen molar-refractivity contribution in [2.45, 2.75) is 4.34 Å². The van der Waals surface area contributed by atoms with E-state index >= 15 is 0 Å².